The zero-order valence-electron chi connectivity index (χ0n) is 8.75. The number of methoxy groups -OCH3 is 1. The maximum Gasteiger partial charge on any atom is 0.331 e. The van der Waals surface area contributed by atoms with E-state index in [-0.39, 0.29) is 30.8 Å². The molecular weight excluding hydrogens is 220 g/mol. The summed E-state index contributed by atoms with van der Waals surface area (Å²) in [6, 6.07) is 0. The zero-order valence-corrected chi connectivity index (χ0v) is 9.56. The van der Waals surface area contributed by atoms with E-state index >= 15 is 0 Å². The van der Waals surface area contributed by atoms with Gasteiger partial charge in [0.2, 0.25) is 5.91 Å². The molecule has 6 heteroatoms. The van der Waals surface area contributed by atoms with Crippen LogP contribution < -0.4 is 11.1 Å². The molecule has 0 atom stereocenters. The van der Waals surface area contributed by atoms with Gasteiger partial charge in [-0.05, 0) is 12.8 Å². The first-order chi connectivity index (χ1) is 6.64. The smallest absolute Gasteiger partial charge is 0.331 e. The summed E-state index contributed by atoms with van der Waals surface area (Å²) in [7, 11) is 1.33. The minimum atomic E-state index is -0.814. The highest BCUT2D eigenvalue weighted by atomic mass is 35.5. The fourth-order valence-corrected chi connectivity index (χ4v) is 1.87. The van der Waals surface area contributed by atoms with E-state index in [1.807, 2.05) is 0 Å². The lowest BCUT2D eigenvalue weighted by atomic mass is 9.98. The van der Waals surface area contributed by atoms with Gasteiger partial charge in [0, 0.05) is 0 Å². The molecule has 1 fully saturated rings. The SMILES string of the molecule is COC(=O)C1(NC(=O)CN)CCCC1.Cl. The number of amides is 1. The van der Waals surface area contributed by atoms with Gasteiger partial charge in [0.1, 0.15) is 5.54 Å². The van der Waals surface area contributed by atoms with Crippen molar-refractivity contribution in [3.8, 4) is 0 Å². The molecule has 1 aliphatic carbocycles. The topological polar surface area (TPSA) is 81.4 Å². The molecule has 0 aromatic carbocycles. The van der Waals surface area contributed by atoms with Gasteiger partial charge < -0.3 is 15.8 Å². The Balaban J connectivity index is 0.00000196. The lowest BCUT2D eigenvalue weighted by Crippen LogP contribution is -2.54. The summed E-state index contributed by atoms with van der Waals surface area (Å²) >= 11 is 0. The third-order valence-electron chi connectivity index (χ3n) is 2.60. The number of ether oxygens (including phenoxy) is 1. The third-order valence-corrected chi connectivity index (χ3v) is 2.60. The summed E-state index contributed by atoms with van der Waals surface area (Å²) in [6.07, 6.45) is 3.15. The number of esters is 1. The maximum absolute atomic E-state index is 11.5. The fourth-order valence-electron chi connectivity index (χ4n) is 1.87. The molecule has 1 rings (SSSR count). The minimum absolute atomic E-state index is 0. The summed E-state index contributed by atoms with van der Waals surface area (Å²) in [5.41, 5.74) is 4.37. The van der Waals surface area contributed by atoms with Crippen LogP contribution in [0.15, 0.2) is 0 Å². The molecule has 0 radical (unpaired) electrons. The molecule has 1 amide bonds. The van der Waals surface area contributed by atoms with E-state index < -0.39 is 5.54 Å². The van der Waals surface area contributed by atoms with E-state index in [2.05, 4.69) is 10.1 Å². The molecule has 0 saturated heterocycles. The van der Waals surface area contributed by atoms with Gasteiger partial charge in [0.25, 0.3) is 0 Å². The van der Waals surface area contributed by atoms with Crippen LogP contribution in [0, 0.1) is 0 Å². The number of nitrogens with one attached hydrogen (secondary N) is 1. The van der Waals surface area contributed by atoms with E-state index in [9.17, 15) is 9.59 Å². The Bertz CT molecular complexity index is 240. The molecule has 0 heterocycles. The van der Waals surface area contributed by atoms with Crippen molar-refractivity contribution in [2.45, 2.75) is 31.2 Å². The van der Waals surface area contributed by atoms with Crippen LogP contribution in [0.4, 0.5) is 0 Å². The van der Waals surface area contributed by atoms with Gasteiger partial charge in [-0.2, -0.15) is 0 Å². The van der Waals surface area contributed by atoms with Crippen molar-refractivity contribution in [3.63, 3.8) is 0 Å². The van der Waals surface area contributed by atoms with Gasteiger partial charge in [-0.15, -0.1) is 12.4 Å². The molecule has 0 unspecified atom stereocenters. The Labute approximate surface area is 95.1 Å². The number of halogens is 1. The monoisotopic (exact) mass is 236 g/mol. The largest absolute Gasteiger partial charge is 0.467 e. The summed E-state index contributed by atoms with van der Waals surface area (Å²) in [5, 5.41) is 2.65. The molecule has 3 N–H and O–H groups in total. The second-order valence-corrected chi connectivity index (χ2v) is 3.53. The summed E-state index contributed by atoms with van der Waals surface area (Å²) in [6.45, 7) is -0.0985. The quantitative estimate of drug-likeness (QED) is 0.675. The average molecular weight is 237 g/mol. The van der Waals surface area contributed by atoms with E-state index in [0.29, 0.717) is 12.8 Å². The van der Waals surface area contributed by atoms with Gasteiger partial charge in [-0.3, -0.25) is 4.79 Å². The van der Waals surface area contributed by atoms with Crippen molar-refractivity contribution >= 4 is 24.3 Å². The molecular formula is C9H17ClN2O3. The molecule has 5 nitrogen and oxygen atoms in total. The van der Waals surface area contributed by atoms with Crippen molar-refractivity contribution in [1.29, 1.82) is 0 Å². The Morgan fingerprint density at radius 1 is 1.40 bits per heavy atom. The van der Waals surface area contributed by atoms with E-state index in [4.69, 9.17) is 5.73 Å². The van der Waals surface area contributed by atoms with Crippen molar-refractivity contribution in [3.05, 3.63) is 0 Å². The van der Waals surface area contributed by atoms with Crippen LogP contribution in [0.3, 0.4) is 0 Å². The van der Waals surface area contributed by atoms with Gasteiger partial charge in [0.15, 0.2) is 0 Å². The Kier molecular flexibility index (Phi) is 5.60. The van der Waals surface area contributed by atoms with E-state index in [1.165, 1.54) is 7.11 Å². The summed E-state index contributed by atoms with van der Waals surface area (Å²) in [5.74, 6) is -0.672. The summed E-state index contributed by atoms with van der Waals surface area (Å²) in [4.78, 5) is 22.7. The van der Waals surface area contributed by atoms with E-state index in [0.717, 1.165) is 12.8 Å². The number of nitrogens with two attached hydrogens (primary N) is 1. The van der Waals surface area contributed by atoms with Crippen LogP contribution >= 0.6 is 12.4 Å². The first-order valence-electron chi connectivity index (χ1n) is 4.74. The van der Waals surface area contributed by atoms with E-state index in [1.54, 1.807) is 0 Å². The van der Waals surface area contributed by atoms with Crippen LogP contribution in [-0.4, -0.2) is 31.1 Å². The zero-order chi connectivity index (χ0) is 10.6. The molecule has 15 heavy (non-hydrogen) atoms. The number of hydrogen-bond donors (Lipinski definition) is 2. The van der Waals surface area contributed by atoms with Gasteiger partial charge in [-0.1, -0.05) is 12.8 Å². The van der Waals surface area contributed by atoms with Crippen molar-refractivity contribution in [2.24, 2.45) is 5.73 Å². The molecule has 0 aromatic heterocycles. The molecule has 0 bridgehead atoms. The highest BCUT2D eigenvalue weighted by Gasteiger charge is 2.43. The highest BCUT2D eigenvalue weighted by molar-refractivity contribution is 5.89. The number of carbonyl (C=O) groups is 2. The van der Waals surface area contributed by atoms with Crippen LogP contribution in [0.25, 0.3) is 0 Å². The van der Waals surface area contributed by atoms with Crippen molar-refractivity contribution in [1.82, 2.24) is 5.32 Å². The van der Waals surface area contributed by atoms with Crippen molar-refractivity contribution in [2.75, 3.05) is 13.7 Å². The molecule has 1 saturated carbocycles. The lowest BCUT2D eigenvalue weighted by Gasteiger charge is -2.26. The molecule has 88 valence electrons. The van der Waals surface area contributed by atoms with Gasteiger partial charge >= 0.3 is 5.97 Å². The maximum atomic E-state index is 11.5. The van der Waals surface area contributed by atoms with Crippen molar-refractivity contribution < 1.29 is 14.3 Å². The van der Waals surface area contributed by atoms with Crippen LogP contribution in [-0.2, 0) is 14.3 Å². The Morgan fingerprint density at radius 2 is 1.93 bits per heavy atom. The summed E-state index contributed by atoms with van der Waals surface area (Å²) < 4.78 is 4.69. The first kappa shape index (κ1) is 14.2. The molecule has 0 aromatic rings. The normalized spacial score (nSPS) is 17.7. The predicted molar refractivity (Wildman–Crippen MR) is 57.7 cm³/mol. The standard InChI is InChI=1S/C9H16N2O3.ClH/c1-14-8(13)9(4-2-3-5-9)11-7(12)6-10;/h2-6,10H2,1H3,(H,11,12);1H. The first-order valence-corrected chi connectivity index (χ1v) is 4.74. The molecule has 0 spiro atoms. The second kappa shape index (κ2) is 5.92. The van der Waals surface area contributed by atoms with Crippen LogP contribution in [0.5, 0.6) is 0 Å². The minimum Gasteiger partial charge on any atom is -0.467 e. The molecule has 0 aliphatic heterocycles. The second-order valence-electron chi connectivity index (χ2n) is 3.53. The van der Waals surface area contributed by atoms with Crippen LogP contribution in [0.1, 0.15) is 25.7 Å². The number of hydrogen-bond acceptors (Lipinski definition) is 4. The highest BCUT2D eigenvalue weighted by Crippen LogP contribution is 2.30. The number of rotatable bonds is 3. The number of carbonyl (C=O) groups excluding carboxylic acids is 2. The third kappa shape index (κ3) is 3.07. The van der Waals surface area contributed by atoms with Crippen LogP contribution in [0.2, 0.25) is 0 Å². The predicted octanol–water partition coefficient (Wildman–Crippen LogP) is -0.0311. The average Bonchev–Trinajstić information content (AvgIpc) is 2.66. The Hall–Kier alpha value is -0.810. The van der Waals surface area contributed by atoms with Gasteiger partial charge in [-0.25, -0.2) is 4.79 Å². The molecule has 1 aliphatic rings. The lowest BCUT2D eigenvalue weighted by molar-refractivity contribution is -0.150. The fraction of sp³-hybridized carbons (Fsp3) is 0.778. The Morgan fingerprint density at radius 3 is 2.33 bits per heavy atom. The van der Waals surface area contributed by atoms with Gasteiger partial charge in [0.05, 0.1) is 13.7 Å².